The van der Waals surface area contributed by atoms with E-state index in [1.54, 1.807) is 6.92 Å². The van der Waals surface area contributed by atoms with Gasteiger partial charge in [-0.15, -0.1) is 0 Å². The van der Waals surface area contributed by atoms with E-state index < -0.39 is 11.5 Å². The number of rotatable bonds is 7. The maximum absolute atomic E-state index is 11.9. The Balaban J connectivity index is 2.42. The topological polar surface area (TPSA) is 78.4 Å². The molecule has 0 heterocycles. The molecule has 2 amide bonds. The van der Waals surface area contributed by atoms with Crippen LogP contribution in [0, 0.1) is 0 Å². The summed E-state index contributed by atoms with van der Waals surface area (Å²) in [5.74, 6) is -0.792. The van der Waals surface area contributed by atoms with Crippen LogP contribution in [0.4, 0.5) is 0 Å². The van der Waals surface area contributed by atoms with Crippen molar-refractivity contribution in [1.82, 2.24) is 10.6 Å². The number of hydrogen-bond acceptors (Lipinski definition) is 3. The van der Waals surface area contributed by atoms with Gasteiger partial charge in [0.05, 0.1) is 6.54 Å². The number of hydrogen-bond donors (Lipinski definition) is 3. The molecule has 0 radical (unpaired) electrons. The Morgan fingerprint density at radius 3 is 2.45 bits per heavy atom. The van der Waals surface area contributed by atoms with E-state index in [2.05, 4.69) is 10.6 Å². The van der Waals surface area contributed by atoms with Crippen molar-refractivity contribution in [3.63, 3.8) is 0 Å². The second kappa shape index (κ2) is 7.65. The van der Waals surface area contributed by atoms with Gasteiger partial charge in [0, 0.05) is 6.54 Å². The fourth-order valence-corrected chi connectivity index (χ4v) is 1.76. The molecule has 5 heteroatoms. The van der Waals surface area contributed by atoms with E-state index in [-0.39, 0.29) is 12.5 Å². The lowest BCUT2D eigenvalue weighted by Gasteiger charge is -2.22. The highest BCUT2D eigenvalue weighted by Gasteiger charge is 2.29. The minimum absolute atomic E-state index is 0.117. The summed E-state index contributed by atoms with van der Waals surface area (Å²) in [7, 11) is 0. The number of aliphatic hydroxyl groups is 1. The predicted octanol–water partition coefficient (Wildman–Crippen LogP) is 0.623. The average molecular weight is 278 g/mol. The summed E-state index contributed by atoms with van der Waals surface area (Å²) >= 11 is 0. The zero-order valence-corrected chi connectivity index (χ0v) is 12.0. The molecule has 110 valence electrons. The Morgan fingerprint density at radius 1 is 1.20 bits per heavy atom. The number of aryl methyl sites for hydroxylation is 1. The van der Waals surface area contributed by atoms with E-state index in [0.29, 0.717) is 19.4 Å². The van der Waals surface area contributed by atoms with Crippen LogP contribution in [0.5, 0.6) is 0 Å². The molecule has 3 N–H and O–H groups in total. The van der Waals surface area contributed by atoms with Crippen molar-refractivity contribution in [1.29, 1.82) is 0 Å². The molecule has 0 aliphatic rings. The fourth-order valence-electron chi connectivity index (χ4n) is 1.76. The first kappa shape index (κ1) is 16.2. The molecule has 0 aromatic heterocycles. The van der Waals surface area contributed by atoms with Gasteiger partial charge >= 0.3 is 0 Å². The minimum Gasteiger partial charge on any atom is -0.380 e. The lowest BCUT2D eigenvalue weighted by Crippen LogP contribution is -2.48. The van der Waals surface area contributed by atoms with Crippen LogP contribution >= 0.6 is 0 Å². The van der Waals surface area contributed by atoms with Crippen molar-refractivity contribution in [2.45, 2.75) is 32.3 Å². The summed E-state index contributed by atoms with van der Waals surface area (Å²) in [6.45, 7) is 3.66. The van der Waals surface area contributed by atoms with E-state index in [0.717, 1.165) is 5.56 Å². The van der Waals surface area contributed by atoms with Gasteiger partial charge < -0.3 is 15.7 Å². The van der Waals surface area contributed by atoms with E-state index in [1.165, 1.54) is 6.92 Å². The molecular formula is C15H22N2O3. The number of benzene rings is 1. The summed E-state index contributed by atoms with van der Waals surface area (Å²) in [6, 6.07) is 9.64. The lowest BCUT2D eigenvalue weighted by atomic mass is 9.96. The van der Waals surface area contributed by atoms with Crippen molar-refractivity contribution >= 4 is 11.8 Å². The molecule has 0 saturated heterocycles. The van der Waals surface area contributed by atoms with Gasteiger partial charge in [-0.25, -0.2) is 0 Å². The van der Waals surface area contributed by atoms with Gasteiger partial charge in [0.2, 0.25) is 5.91 Å². The lowest BCUT2D eigenvalue weighted by molar-refractivity contribution is -0.140. The van der Waals surface area contributed by atoms with Crippen LogP contribution in [0.3, 0.4) is 0 Å². The van der Waals surface area contributed by atoms with Crippen LogP contribution in [0.15, 0.2) is 30.3 Å². The van der Waals surface area contributed by atoms with Crippen molar-refractivity contribution in [3.8, 4) is 0 Å². The second-order valence-electron chi connectivity index (χ2n) is 4.90. The van der Waals surface area contributed by atoms with Crippen LogP contribution in [0.2, 0.25) is 0 Å². The molecule has 0 aliphatic heterocycles. The number of carbonyl (C=O) groups excluding carboxylic acids is 2. The second-order valence-corrected chi connectivity index (χ2v) is 4.90. The third-order valence-corrected chi connectivity index (χ3v) is 3.02. The van der Waals surface area contributed by atoms with E-state index >= 15 is 0 Å². The van der Waals surface area contributed by atoms with Crippen LogP contribution in [-0.4, -0.2) is 35.6 Å². The van der Waals surface area contributed by atoms with Crippen molar-refractivity contribution in [2.75, 3.05) is 13.1 Å². The normalized spacial score (nSPS) is 13.3. The molecule has 0 aliphatic carbocycles. The molecule has 1 unspecified atom stereocenters. The molecule has 20 heavy (non-hydrogen) atoms. The SMILES string of the molecule is CCNC(=O)CNC(=O)C(C)(O)CCc1ccccc1. The minimum atomic E-state index is -1.48. The molecule has 1 aromatic rings. The van der Waals surface area contributed by atoms with Crippen LogP contribution in [0.1, 0.15) is 25.8 Å². The van der Waals surface area contributed by atoms with Gasteiger partial charge in [0.1, 0.15) is 5.60 Å². The predicted molar refractivity (Wildman–Crippen MR) is 77.1 cm³/mol. The number of carbonyl (C=O) groups is 2. The maximum Gasteiger partial charge on any atom is 0.252 e. The Kier molecular flexibility index (Phi) is 6.18. The molecular weight excluding hydrogens is 256 g/mol. The van der Waals surface area contributed by atoms with Crippen LogP contribution in [-0.2, 0) is 16.0 Å². The summed E-state index contributed by atoms with van der Waals surface area (Å²) in [4.78, 5) is 23.1. The standard InChI is InChI=1S/C15H22N2O3/c1-3-16-13(18)11-17-14(19)15(2,20)10-9-12-7-5-4-6-8-12/h4-8,20H,3,9-11H2,1-2H3,(H,16,18)(H,17,19). The molecule has 1 atom stereocenters. The Labute approximate surface area is 119 Å². The maximum atomic E-state index is 11.9. The fraction of sp³-hybridized carbons (Fsp3) is 0.467. The molecule has 5 nitrogen and oxygen atoms in total. The zero-order valence-electron chi connectivity index (χ0n) is 12.0. The van der Waals surface area contributed by atoms with Gasteiger partial charge in [-0.05, 0) is 32.3 Å². The summed E-state index contributed by atoms with van der Waals surface area (Å²) in [5.41, 5.74) is -0.424. The van der Waals surface area contributed by atoms with E-state index in [9.17, 15) is 14.7 Å². The first-order valence-electron chi connectivity index (χ1n) is 6.77. The number of likely N-dealkylation sites (N-methyl/N-ethyl adjacent to an activating group) is 1. The van der Waals surface area contributed by atoms with Gasteiger partial charge in [0.15, 0.2) is 0 Å². The molecule has 0 saturated carbocycles. The Morgan fingerprint density at radius 2 is 1.85 bits per heavy atom. The van der Waals surface area contributed by atoms with Gasteiger partial charge in [0.25, 0.3) is 5.91 Å². The van der Waals surface area contributed by atoms with Crippen LogP contribution in [0.25, 0.3) is 0 Å². The van der Waals surface area contributed by atoms with Gasteiger partial charge in [-0.2, -0.15) is 0 Å². The van der Waals surface area contributed by atoms with E-state index in [1.807, 2.05) is 30.3 Å². The first-order chi connectivity index (χ1) is 9.45. The third kappa shape index (κ3) is 5.40. The number of nitrogens with one attached hydrogen (secondary N) is 2. The third-order valence-electron chi connectivity index (χ3n) is 3.02. The van der Waals surface area contributed by atoms with Crippen molar-refractivity contribution < 1.29 is 14.7 Å². The zero-order chi connectivity index (χ0) is 15.0. The first-order valence-corrected chi connectivity index (χ1v) is 6.77. The monoisotopic (exact) mass is 278 g/mol. The molecule has 1 rings (SSSR count). The smallest absolute Gasteiger partial charge is 0.252 e. The Bertz CT molecular complexity index is 444. The quantitative estimate of drug-likeness (QED) is 0.684. The highest BCUT2D eigenvalue weighted by molar-refractivity contribution is 5.89. The summed E-state index contributed by atoms with van der Waals surface area (Å²) in [6.07, 6.45) is 0.903. The molecule has 0 bridgehead atoms. The highest BCUT2D eigenvalue weighted by Crippen LogP contribution is 2.14. The molecule has 0 fully saturated rings. The highest BCUT2D eigenvalue weighted by atomic mass is 16.3. The summed E-state index contributed by atoms with van der Waals surface area (Å²) in [5, 5.41) is 15.2. The molecule has 1 aromatic carbocycles. The largest absolute Gasteiger partial charge is 0.380 e. The van der Waals surface area contributed by atoms with Crippen molar-refractivity contribution in [3.05, 3.63) is 35.9 Å². The number of amides is 2. The van der Waals surface area contributed by atoms with Gasteiger partial charge in [-0.3, -0.25) is 9.59 Å². The van der Waals surface area contributed by atoms with Crippen LogP contribution < -0.4 is 10.6 Å². The Hall–Kier alpha value is -1.88. The van der Waals surface area contributed by atoms with Gasteiger partial charge in [-0.1, -0.05) is 30.3 Å². The molecule has 0 spiro atoms. The van der Waals surface area contributed by atoms with Crippen molar-refractivity contribution in [2.24, 2.45) is 0 Å². The van der Waals surface area contributed by atoms with E-state index in [4.69, 9.17) is 0 Å². The average Bonchev–Trinajstić information content (AvgIpc) is 2.44. The summed E-state index contributed by atoms with van der Waals surface area (Å²) < 4.78 is 0.